The maximum atomic E-state index is 13.4. The first-order valence-corrected chi connectivity index (χ1v) is 8.71. The molecule has 1 aromatic heterocycles. The molecule has 0 radical (unpaired) electrons. The topological polar surface area (TPSA) is 75.1 Å². The molecule has 0 aliphatic heterocycles. The van der Waals surface area contributed by atoms with Crippen molar-refractivity contribution in [2.45, 2.75) is 20.0 Å². The zero-order valence-electron chi connectivity index (χ0n) is 15.7. The zero-order valence-corrected chi connectivity index (χ0v) is 15.7. The number of nitrogens with one attached hydrogen (secondary N) is 1. The number of nitrogens with zero attached hydrogens (tertiary/aromatic N) is 1. The molecule has 0 atom stereocenters. The van der Waals surface area contributed by atoms with E-state index in [9.17, 15) is 14.4 Å². The van der Waals surface area contributed by atoms with E-state index in [4.69, 9.17) is 9.47 Å². The third-order valence-corrected chi connectivity index (χ3v) is 4.14. The van der Waals surface area contributed by atoms with E-state index in [1.807, 2.05) is 19.9 Å². The lowest BCUT2D eigenvalue weighted by atomic mass is 10.0. The third-order valence-electron chi connectivity index (χ3n) is 4.14. The number of rotatable bonds is 6. The number of aromatic nitrogens is 1. The van der Waals surface area contributed by atoms with Crippen LogP contribution < -0.4 is 9.47 Å². The first kappa shape index (κ1) is 19.2. The lowest BCUT2D eigenvalue weighted by Crippen LogP contribution is -2.08. The molecular formula is C22H19FN2O3. The standard InChI is InChI=1S/C22H19FN2O3/c1-13(2)28-22-14(5-4-6-20(22)27-3)9-15(11-24)21(26)18-12-25-19-10-16(23)7-8-17(18)19/h4-10,12-13,25H,1-3H3/b15-9-. The van der Waals surface area contributed by atoms with Gasteiger partial charge in [-0.2, -0.15) is 5.26 Å². The number of hydrogen-bond acceptors (Lipinski definition) is 4. The van der Waals surface area contributed by atoms with Crippen LogP contribution in [0.15, 0.2) is 48.2 Å². The Morgan fingerprint density at radius 2 is 2.07 bits per heavy atom. The Labute approximate surface area is 162 Å². The second-order valence-corrected chi connectivity index (χ2v) is 6.44. The minimum Gasteiger partial charge on any atom is -0.493 e. The van der Waals surface area contributed by atoms with Crippen molar-refractivity contribution >= 4 is 22.8 Å². The van der Waals surface area contributed by atoms with Crippen molar-refractivity contribution in [2.24, 2.45) is 0 Å². The molecule has 6 heteroatoms. The second kappa shape index (κ2) is 7.97. The molecule has 0 spiro atoms. The summed E-state index contributed by atoms with van der Waals surface area (Å²) in [6.07, 6.45) is 2.84. The van der Waals surface area contributed by atoms with Crippen LogP contribution in [0.4, 0.5) is 4.39 Å². The minimum atomic E-state index is -0.460. The molecule has 3 rings (SSSR count). The highest BCUT2D eigenvalue weighted by Gasteiger charge is 2.19. The molecule has 0 saturated heterocycles. The van der Waals surface area contributed by atoms with Gasteiger partial charge in [0.05, 0.1) is 13.2 Å². The number of hydrogen-bond donors (Lipinski definition) is 1. The van der Waals surface area contributed by atoms with Gasteiger partial charge in [0, 0.05) is 28.2 Å². The number of Topliss-reactive ketones (excluding diaryl/α,β-unsaturated/α-hetero) is 1. The number of carbonyl (C=O) groups is 1. The van der Waals surface area contributed by atoms with Gasteiger partial charge in [-0.1, -0.05) is 12.1 Å². The largest absolute Gasteiger partial charge is 0.493 e. The molecule has 2 aromatic carbocycles. The molecule has 0 amide bonds. The number of allylic oxidation sites excluding steroid dienone is 1. The van der Waals surface area contributed by atoms with Crippen molar-refractivity contribution in [1.29, 1.82) is 5.26 Å². The van der Waals surface area contributed by atoms with Crippen molar-refractivity contribution in [3.8, 4) is 17.6 Å². The van der Waals surface area contributed by atoms with Gasteiger partial charge >= 0.3 is 0 Å². The third kappa shape index (κ3) is 3.74. The van der Waals surface area contributed by atoms with Crippen LogP contribution >= 0.6 is 0 Å². The monoisotopic (exact) mass is 378 g/mol. The van der Waals surface area contributed by atoms with Crippen LogP contribution in [-0.2, 0) is 0 Å². The van der Waals surface area contributed by atoms with Gasteiger partial charge in [-0.05, 0) is 44.2 Å². The quantitative estimate of drug-likeness (QED) is 0.376. The highest BCUT2D eigenvalue weighted by atomic mass is 19.1. The molecule has 0 aliphatic carbocycles. The molecule has 1 heterocycles. The lowest BCUT2D eigenvalue weighted by molar-refractivity contribution is 0.104. The van der Waals surface area contributed by atoms with Gasteiger partial charge in [0.25, 0.3) is 0 Å². The maximum absolute atomic E-state index is 13.4. The van der Waals surface area contributed by atoms with Crippen LogP contribution in [-0.4, -0.2) is 24.0 Å². The predicted molar refractivity (Wildman–Crippen MR) is 105 cm³/mol. The van der Waals surface area contributed by atoms with Gasteiger partial charge in [-0.3, -0.25) is 4.79 Å². The minimum absolute atomic E-state index is 0.0629. The number of carbonyl (C=O) groups excluding carboxylic acids is 1. The summed E-state index contributed by atoms with van der Waals surface area (Å²) < 4.78 is 24.6. The second-order valence-electron chi connectivity index (χ2n) is 6.44. The van der Waals surface area contributed by atoms with Gasteiger partial charge in [-0.25, -0.2) is 4.39 Å². The van der Waals surface area contributed by atoms with Crippen molar-refractivity contribution in [3.05, 3.63) is 65.1 Å². The van der Waals surface area contributed by atoms with Crippen molar-refractivity contribution in [2.75, 3.05) is 7.11 Å². The first-order chi connectivity index (χ1) is 13.4. The highest BCUT2D eigenvalue weighted by molar-refractivity contribution is 6.20. The summed E-state index contributed by atoms with van der Waals surface area (Å²) in [7, 11) is 1.53. The lowest BCUT2D eigenvalue weighted by Gasteiger charge is -2.16. The van der Waals surface area contributed by atoms with E-state index in [0.717, 1.165) is 0 Å². The van der Waals surface area contributed by atoms with Crippen LogP contribution in [0.5, 0.6) is 11.5 Å². The van der Waals surface area contributed by atoms with Crippen molar-refractivity contribution in [3.63, 3.8) is 0 Å². The van der Waals surface area contributed by atoms with Crippen LogP contribution in [0.25, 0.3) is 17.0 Å². The summed E-state index contributed by atoms with van der Waals surface area (Å²) in [6.45, 7) is 3.75. The molecule has 1 N–H and O–H groups in total. The van der Waals surface area contributed by atoms with Crippen LogP contribution in [0, 0.1) is 17.1 Å². The van der Waals surface area contributed by atoms with Gasteiger partial charge in [0.1, 0.15) is 17.5 Å². The smallest absolute Gasteiger partial charge is 0.205 e. The van der Waals surface area contributed by atoms with Crippen LogP contribution in [0.1, 0.15) is 29.8 Å². The first-order valence-electron chi connectivity index (χ1n) is 8.71. The number of nitriles is 1. The number of fused-ring (bicyclic) bond motifs is 1. The highest BCUT2D eigenvalue weighted by Crippen LogP contribution is 2.34. The number of para-hydroxylation sites is 1. The van der Waals surface area contributed by atoms with Gasteiger partial charge in [0.2, 0.25) is 5.78 Å². The number of aromatic amines is 1. The molecule has 0 aliphatic rings. The van der Waals surface area contributed by atoms with E-state index in [-0.39, 0.29) is 11.7 Å². The van der Waals surface area contributed by atoms with E-state index in [2.05, 4.69) is 4.98 Å². The normalized spacial score (nSPS) is 11.5. The molecule has 0 bridgehead atoms. The van der Waals surface area contributed by atoms with E-state index < -0.39 is 11.6 Å². The average Bonchev–Trinajstić information content (AvgIpc) is 3.09. The average molecular weight is 378 g/mol. The van der Waals surface area contributed by atoms with E-state index >= 15 is 0 Å². The Morgan fingerprint density at radius 1 is 1.29 bits per heavy atom. The summed E-state index contributed by atoms with van der Waals surface area (Å²) in [6, 6.07) is 11.3. The van der Waals surface area contributed by atoms with E-state index in [1.165, 1.54) is 37.6 Å². The van der Waals surface area contributed by atoms with Gasteiger partial charge < -0.3 is 14.5 Å². The predicted octanol–water partition coefficient (Wildman–Crippen LogP) is 4.89. The molecule has 0 unspecified atom stereocenters. The van der Waals surface area contributed by atoms with Gasteiger partial charge in [-0.15, -0.1) is 0 Å². The summed E-state index contributed by atoms with van der Waals surface area (Å²) >= 11 is 0. The molecule has 0 saturated carbocycles. The SMILES string of the molecule is COc1cccc(/C=C(/C#N)C(=O)c2c[nH]c3cc(F)ccc23)c1OC(C)C. The Kier molecular flexibility index (Phi) is 5.46. The summed E-state index contributed by atoms with van der Waals surface area (Å²) in [5.74, 6) is 0.103. The summed E-state index contributed by atoms with van der Waals surface area (Å²) in [5, 5.41) is 10.1. The Hall–Kier alpha value is -3.59. The fourth-order valence-electron chi connectivity index (χ4n) is 2.90. The molecular weight excluding hydrogens is 359 g/mol. The fourth-order valence-corrected chi connectivity index (χ4v) is 2.90. The molecule has 0 fully saturated rings. The summed E-state index contributed by atoms with van der Waals surface area (Å²) in [5.41, 5.74) is 1.29. The molecule has 28 heavy (non-hydrogen) atoms. The van der Waals surface area contributed by atoms with Crippen LogP contribution in [0.2, 0.25) is 0 Å². The Morgan fingerprint density at radius 3 is 2.75 bits per heavy atom. The van der Waals surface area contributed by atoms with Crippen molar-refractivity contribution in [1.82, 2.24) is 4.98 Å². The number of benzene rings is 2. The maximum Gasteiger partial charge on any atom is 0.205 e. The molecule has 5 nitrogen and oxygen atoms in total. The number of H-pyrrole nitrogens is 1. The van der Waals surface area contributed by atoms with E-state index in [1.54, 1.807) is 18.2 Å². The van der Waals surface area contributed by atoms with Crippen LogP contribution in [0.3, 0.4) is 0 Å². The number of halogens is 1. The van der Waals surface area contributed by atoms with Gasteiger partial charge in [0.15, 0.2) is 11.5 Å². The Bertz CT molecular complexity index is 1110. The van der Waals surface area contributed by atoms with Crippen molar-refractivity contribution < 1.29 is 18.7 Å². The summed E-state index contributed by atoms with van der Waals surface area (Å²) in [4.78, 5) is 15.8. The number of methoxy groups -OCH3 is 1. The Balaban J connectivity index is 2.07. The fraction of sp³-hybridized carbons (Fsp3) is 0.182. The zero-order chi connectivity index (χ0) is 20.3. The number of ketones is 1. The molecule has 3 aromatic rings. The number of ether oxygens (including phenoxy) is 2. The molecule has 142 valence electrons. The van der Waals surface area contributed by atoms with E-state index in [0.29, 0.717) is 33.5 Å².